The molecule has 6 aromatic heterocycles. The standard InChI is InChI=1S/C30H27N7O2/c38-27(10-18-4-2-1-3-5-18)34-22-11-20(14-31-16-22)21-12-25-28(36-37-30(25)33-15-21)26-13-24-23(19-7-9-39-17-19)6-8-32-29(24)35-26/h6-9,11-18H,1-5,10H2,(H,32,35)(H,34,38)(H,33,36,37). The van der Waals surface area contributed by atoms with Crippen molar-refractivity contribution in [1.29, 1.82) is 0 Å². The molecule has 0 saturated heterocycles. The monoisotopic (exact) mass is 517 g/mol. The quantitative estimate of drug-likeness (QED) is 0.225. The lowest BCUT2D eigenvalue weighted by Gasteiger charge is -2.20. The lowest BCUT2D eigenvalue weighted by Crippen LogP contribution is -2.18. The number of anilines is 1. The Labute approximate surface area is 224 Å². The minimum Gasteiger partial charge on any atom is -0.472 e. The highest BCUT2D eigenvalue weighted by molar-refractivity contribution is 6.00. The fourth-order valence-electron chi connectivity index (χ4n) is 5.62. The Morgan fingerprint density at radius 3 is 2.72 bits per heavy atom. The summed E-state index contributed by atoms with van der Waals surface area (Å²) < 4.78 is 5.29. The van der Waals surface area contributed by atoms with Gasteiger partial charge in [-0.05, 0) is 54.7 Å². The van der Waals surface area contributed by atoms with E-state index in [1.165, 1.54) is 19.3 Å². The van der Waals surface area contributed by atoms with Crippen LogP contribution in [0.4, 0.5) is 5.69 Å². The zero-order chi connectivity index (χ0) is 26.2. The van der Waals surface area contributed by atoms with Crippen molar-refractivity contribution in [2.24, 2.45) is 5.92 Å². The average molecular weight is 518 g/mol. The smallest absolute Gasteiger partial charge is 0.224 e. The van der Waals surface area contributed by atoms with Crippen LogP contribution in [0.25, 0.3) is 55.7 Å². The summed E-state index contributed by atoms with van der Waals surface area (Å²) in [6.45, 7) is 0. The van der Waals surface area contributed by atoms with Gasteiger partial charge in [-0.1, -0.05) is 19.3 Å². The largest absolute Gasteiger partial charge is 0.472 e. The van der Waals surface area contributed by atoms with E-state index in [0.29, 0.717) is 23.7 Å². The van der Waals surface area contributed by atoms with Crippen molar-refractivity contribution in [3.05, 3.63) is 67.6 Å². The van der Waals surface area contributed by atoms with Crippen LogP contribution in [-0.4, -0.2) is 36.0 Å². The Hall–Kier alpha value is -4.79. The fraction of sp³-hybridized carbons (Fsp3) is 0.233. The molecule has 0 atom stereocenters. The Bertz CT molecular complexity index is 1780. The second-order valence-electron chi connectivity index (χ2n) is 10.2. The SMILES string of the molecule is O=C(CC1CCCCC1)Nc1cncc(-c2cnc3[nH]nc(-c4cc5c(-c6ccoc6)ccnc5[nH]4)c3c2)c1. The van der Waals surface area contributed by atoms with Gasteiger partial charge >= 0.3 is 0 Å². The van der Waals surface area contributed by atoms with E-state index in [1.807, 2.05) is 24.3 Å². The van der Waals surface area contributed by atoms with Gasteiger partial charge in [-0.2, -0.15) is 5.10 Å². The van der Waals surface area contributed by atoms with Crippen LogP contribution in [0.3, 0.4) is 0 Å². The lowest BCUT2D eigenvalue weighted by molar-refractivity contribution is -0.117. The van der Waals surface area contributed by atoms with Crippen molar-refractivity contribution in [2.75, 3.05) is 5.32 Å². The number of carbonyl (C=O) groups is 1. The predicted octanol–water partition coefficient (Wildman–Crippen LogP) is 6.73. The molecule has 1 aliphatic carbocycles. The number of H-pyrrole nitrogens is 2. The minimum absolute atomic E-state index is 0.0498. The number of hydrogen-bond donors (Lipinski definition) is 3. The van der Waals surface area contributed by atoms with E-state index in [2.05, 4.69) is 41.5 Å². The molecule has 0 radical (unpaired) electrons. The van der Waals surface area contributed by atoms with E-state index < -0.39 is 0 Å². The molecule has 1 fully saturated rings. The van der Waals surface area contributed by atoms with Crippen molar-refractivity contribution in [1.82, 2.24) is 30.1 Å². The fourth-order valence-corrected chi connectivity index (χ4v) is 5.62. The van der Waals surface area contributed by atoms with E-state index in [-0.39, 0.29) is 5.91 Å². The maximum Gasteiger partial charge on any atom is 0.224 e. The van der Waals surface area contributed by atoms with Crippen LogP contribution in [0.2, 0.25) is 0 Å². The molecule has 0 aromatic carbocycles. The predicted molar refractivity (Wildman–Crippen MR) is 150 cm³/mol. The Morgan fingerprint density at radius 1 is 0.949 bits per heavy atom. The zero-order valence-corrected chi connectivity index (χ0v) is 21.3. The number of carbonyl (C=O) groups excluding carboxylic acids is 1. The van der Waals surface area contributed by atoms with Gasteiger partial charge in [0.2, 0.25) is 5.91 Å². The minimum atomic E-state index is 0.0498. The third kappa shape index (κ3) is 4.56. The summed E-state index contributed by atoms with van der Waals surface area (Å²) in [5.74, 6) is 0.533. The summed E-state index contributed by atoms with van der Waals surface area (Å²) in [6.07, 6.45) is 17.0. The molecule has 7 rings (SSSR count). The molecule has 0 spiro atoms. The number of nitrogens with one attached hydrogen (secondary N) is 3. The molecule has 0 bridgehead atoms. The van der Waals surface area contributed by atoms with Gasteiger partial charge < -0.3 is 14.7 Å². The first-order valence-corrected chi connectivity index (χ1v) is 13.3. The lowest BCUT2D eigenvalue weighted by atomic mass is 9.87. The van der Waals surface area contributed by atoms with E-state index in [9.17, 15) is 4.79 Å². The molecule has 6 aromatic rings. The maximum atomic E-state index is 12.7. The topological polar surface area (TPSA) is 125 Å². The number of rotatable bonds is 6. The van der Waals surface area contributed by atoms with Gasteiger partial charge in [0.15, 0.2) is 5.65 Å². The zero-order valence-electron chi connectivity index (χ0n) is 21.3. The van der Waals surface area contributed by atoms with Crippen LogP contribution in [0.1, 0.15) is 38.5 Å². The third-order valence-electron chi connectivity index (χ3n) is 7.59. The van der Waals surface area contributed by atoms with Crippen molar-refractivity contribution < 1.29 is 9.21 Å². The van der Waals surface area contributed by atoms with Gasteiger partial charge in [0.05, 0.1) is 30.1 Å². The molecule has 9 heteroatoms. The molecule has 6 heterocycles. The molecule has 0 aliphatic heterocycles. The van der Waals surface area contributed by atoms with Crippen molar-refractivity contribution in [3.63, 3.8) is 0 Å². The van der Waals surface area contributed by atoms with E-state index in [0.717, 1.165) is 62.9 Å². The average Bonchev–Trinajstić information content (AvgIpc) is 3.73. The molecular weight excluding hydrogens is 490 g/mol. The van der Waals surface area contributed by atoms with Crippen LogP contribution in [0.15, 0.2) is 72.1 Å². The number of pyridine rings is 3. The molecule has 1 saturated carbocycles. The van der Waals surface area contributed by atoms with Gasteiger partial charge in [-0.15, -0.1) is 0 Å². The number of aromatic nitrogens is 6. The van der Waals surface area contributed by atoms with Crippen LogP contribution in [0.5, 0.6) is 0 Å². The molecule has 0 unspecified atom stereocenters. The van der Waals surface area contributed by atoms with Crippen molar-refractivity contribution in [3.8, 4) is 33.6 Å². The number of fused-ring (bicyclic) bond motifs is 2. The van der Waals surface area contributed by atoms with Gasteiger partial charge in [0.25, 0.3) is 0 Å². The van der Waals surface area contributed by atoms with Crippen LogP contribution in [-0.2, 0) is 4.79 Å². The van der Waals surface area contributed by atoms with Crippen LogP contribution >= 0.6 is 0 Å². The van der Waals surface area contributed by atoms with E-state index in [4.69, 9.17) is 4.42 Å². The van der Waals surface area contributed by atoms with Gasteiger partial charge in [0, 0.05) is 52.5 Å². The number of aromatic amines is 2. The first-order valence-electron chi connectivity index (χ1n) is 13.3. The highest BCUT2D eigenvalue weighted by Gasteiger charge is 2.18. The second kappa shape index (κ2) is 9.83. The first-order chi connectivity index (χ1) is 19.2. The Kier molecular flexibility index (Phi) is 5.88. The highest BCUT2D eigenvalue weighted by atomic mass is 16.3. The maximum absolute atomic E-state index is 12.7. The molecule has 3 N–H and O–H groups in total. The molecule has 1 aliphatic rings. The van der Waals surface area contributed by atoms with Gasteiger partial charge in [-0.3, -0.25) is 14.9 Å². The van der Waals surface area contributed by atoms with Gasteiger partial charge in [0.1, 0.15) is 11.3 Å². The number of nitrogens with zero attached hydrogens (tertiary/aromatic N) is 4. The highest BCUT2D eigenvalue weighted by Crippen LogP contribution is 2.34. The van der Waals surface area contributed by atoms with Crippen LogP contribution < -0.4 is 5.32 Å². The summed E-state index contributed by atoms with van der Waals surface area (Å²) in [6, 6.07) is 9.94. The van der Waals surface area contributed by atoms with E-state index in [1.54, 1.807) is 37.3 Å². The summed E-state index contributed by atoms with van der Waals surface area (Å²) in [7, 11) is 0. The Morgan fingerprint density at radius 2 is 1.85 bits per heavy atom. The normalized spacial score (nSPS) is 14.3. The van der Waals surface area contributed by atoms with Gasteiger partial charge in [-0.25, -0.2) is 9.97 Å². The van der Waals surface area contributed by atoms with E-state index >= 15 is 0 Å². The molecule has 1 amide bonds. The summed E-state index contributed by atoms with van der Waals surface area (Å²) >= 11 is 0. The summed E-state index contributed by atoms with van der Waals surface area (Å²) in [5, 5.41) is 12.5. The van der Waals surface area contributed by atoms with Crippen LogP contribution in [0, 0.1) is 5.92 Å². The Balaban J connectivity index is 1.19. The number of hydrogen-bond acceptors (Lipinski definition) is 6. The molecule has 9 nitrogen and oxygen atoms in total. The second-order valence-corrected chi connectivity index (χ2v) is 10.2. The molecule has 39 heavy (non-hydrogen) atoms. The third-order valence-corrected chi connectivity index (χ3v) is 7.59. The van der Waals surface area contributed by atoms with Crippen molar-refractivity contribution in [2.45, 2.75) is 38.5 Å². The molecule has 194 valence electrons. The van der Waals surface area contributed by atoms with Crippen molar-refractivity contribution >= 4 is 33.7 Å². The summed E-state index contributed by atoms with van der Waals surface area (Å²) in [5.41, 5.74) is 7.49. The number of amides is 1. The number of furan rings is 1. The summed E-state index contributed by atoms with van der Waals surface area (Å²) in [4.78, 5) is 29.6. The molecular formula is C30H27N7O2. The first kappa shape index (κ1) is 23.3.